The smallest absolute Gasteiger partial charge is 0.347 e. The van der Waals surface area contributed by atoms with E-state index in [0.717, 1.165) is 12.2 Å². The van der Waals surface area contributed by atoms with E-state index in [9.17, 15) is 4.79 Å². The van der Waals surface area contributed by atoms with Gasteiger partial charge in [0.05, 0.1) is 6.61 Å². The molecule has 0 saturated heterocycles. The Morgan fingerprint density at radius 2 is 2.14 bits per heavy atom. The minimum absolute atomic E-state index is 0.315. The lowest BCUT2D eigenvalue weighted by Gasteiger charge is -2.14. The highest BCUT2D eigenvalue weighted by molar-refractivity contribution is 7.19. The fourth-order valence-corrected chi connectivity index (χ4v) is 4.10. The van der Waals surface area contributed by atoms with Gasteiger partial charge in [0.2, 0.25) is 0 Å². The van der Waals surface area contributed by atoms with E-state index in [4.69, 9.17) is 9.47 Å². The zero-order chi connectivity index (χ0) is 14.8. The number of hydrogen-bond acceptors (Lipinski definition) is 4. The van der Waals surface area contributed by atoms with Gasteiger partial charge in [-0.15, -0.1) is 11.3 Å². The third-order valence-electron chi connectivity index (χ3n) is 3.86. The molecule has 112 valence electrons. The highest BCUT2D eigenvalue weighted by Gasteiger charge is 2.18. The molecule has 0 aliphatic heterocycles. The third-order valence-corrected chi connectivity index (χ3v) is 5.13. The molecule has 4 heteroatoms. The molecule has 21 heavy (non-hydrogen) atoms. The van der Waals surface area contributed by atoms with Gasteiger partial charge in [-0.05, 0) is 68.7 Å². The van der Waals surface area contributed by atoms with Crippen molar-refractivity contribution in [3.05, 3.63) is 28.6 Å². The summed E-state index contributed by atoms with van der Waals surface area (Å²) in [4.78, 5) is 13.2. The molecule has 0 N–H and O–H groups in total. The van der Waals surface area contributed by atoms with Crippen molar-refractivity contribution in [1.82, 2.24) is 0 Å². The van der Waals surface area contributed by atoms with E-state index in [2.05, 4.69) is 12.1 Å². The van der Waals surface area contributed by atoms with Gasteiger partial charge in [0.25, 0.3) is 0 Å². The van der Waals surface area contributed by atoms with Gasteiger partial charge in [-0.2, -0.15) is 0 Å². The van der Waals surface area contributed by atoms with Crippen molar-refractivity contribution in [2.24, 2.45) is 0 Å². The Labute approximate surface area is 128 Å². The van der Waals surface area contributed by atoms with E-state index in [-0.39, 0.29) is 5.97 Å². The van der Waals surface area contributed by atoms with Crippen LogP contribution < -0.4 is 4.74 Å². The second-order valence-electron chi connectivity index (χ2n) is 5.38. The summed E-state index contributed by atoms with van der Waals surface area (Å²) in [6.45, 7) is 3.91. The Bertz CT molecular complexity index is 659. The minimum Gasteiger partial charge on any atom is -0.479 e. The summed E-state index contributed by atoms with van der Waals surface area (Å²) in [6, 6.07) is 6.12. The van der Waals surface area contributed by atoms with Gasteiger partial charge in [-0.25, -0.2) is 4.79 Å². The summed E-state index contributed by atoms with van der Waals surface area (Å²) < 4.78 is 12.0. The van der Waals surface area contributed by atoms with Crippen LogP contribution >= 0.6 is 11.3 Å². The summed E-state index contributed by atoms with van der Waals surface area (Å²) in [5, 5.41) is 1.29. The first-order valence-corrected chi connectivity index (χ1v) is 8.38. The van der Waals surface area contributed by atoms with Crippen LogP contribution in [0.4, 0.5) is 0 Å². The molecule has 0 fully saturated rings. The van der Waals surface area contributed by atoms with Crippen LogP contribution in [0.25, 0.3) is 10.1 Å². The number of carbonyl (C=O) groups is 1. The lowest BCUT2D eigenvalue weighted by Crippen LogP contribution is -2.26. The Morgan fingerprint density at radius 1 is 1.33 bits per heavy atom. The molecule has 3 rings (SSSR count). The second-order valence-corrected chi connectivity index (χ2v) is 6.52. The van der Waals surface area contributed by atoms with Crippen LogP contribution in [0.3, 0.4) is 0 Å². The Hall–Kier alpha value is -1.55. The van der Waals surface area contributed by atoms with E-state index in [0.29, 0.717) is 6.61 Å². The van der Waals surface area contributed by atoms with Crippen LogP contribution in [0.5, 0.6) is 5.75 Å². The Kier molecular flexibility index (Phi) is 4.15. The third kappa shape index (κ3) is 2.91. The summed E-state index contributed by atoms with van der Waals surface area (Å²) in [7, 11) is 0. The monoisotopic (exact) mass is 304 g/mol. The fourth-order valence-electron chi connectivity index (χ4n) is 2.83. The molecule has 0 radical (unpaired) electrons. The number of carbonyl (C=O) groups excluding carboxylic acids is 1. The summed E-state index contributed by atoms with van der Waals surface area (Å²) >= 11 is 1.89. The molecule has 0 saturated carbocycles. The first-order valence-electron chi connectivity index (χ1n) is 7.56. The zero-order valence-electron chi connectivity index (χ0n) is 12.5. The molecule has 2 aromatic rings. The van der Waals surface area contributed by atoms with Crippen LogP contribution in [0.2, 0.25) is 0 Å². The topological polar surface area (TPSA) is 35.5 Å². The van der Waals surface area contributed by atoms with E-state index in [1.165, 1.54) is 39.8 Å². The summed E-state index contributed by atoms with van der Waals surface area (Å²) in [6.07, 6.45) is 4.35. The number of esters is 1. The Morgan fingerprint density at radius 3 is 2.95 bits per heavy atom. The summed E-state index contributed by atoms with van der Waals surface area (Å²) in [5.74, 6) is 0.430. The first-order chi connectivity index (χ1) is 10.2. The number of ether oxygens (including phenoxy) is 2. The van der Waals surface area contributed by atoms with Crippen LogP contribution in [0.1, 0.15) is 37.1 Å². The highest BCUT2D eigenvalue weighted by Crippen LogP contribution is 2.38. The molecule has 1 aromatic carbocycles. The van der Waals surface area contributed by atoms with Crippen LogP contribution in [0, 0.1) is 0 Å². The molecule has 1 aliphatic carbocycles. The molecular weight excluding hydrogens is 284 g/mol. The molecule has 1 atom stereocenters. The van der Waals surface area contributed by atoms with E-state index in [1.807, 2.05) is 17.4 Å². The number of fused-ring (bicyclic) bond motifs is 3. The van der Waals surface area contributed by atoms with E-state index >= 15 is 0 Å². The van der Waals surface area contributed by atoms with Gasteiger partial charge >= 0.3 is 5.97 Å². The number of aryl methyl sites for hydroxylation is 2. The quantitative estimate of drug-likeness (QED) is 0.797. The van der Waals surface area contributed by atoms with Gasteiger partial charge in [0, 0.05) is 9.58 Å². The van der Waals surface area contributed by atoms with Crippen LogP contribution in [0.15, 0.2) is 18.2 Å². The van der Waals surface area contributed by atoms with Gasteiger partial charge in [0.1, 0.15) is 5.75 Å². The van der Waals surface area contributed by atoms with Crippen molar-refractivity contribution in [3.63, 3.8) is 0 Å². The number of thiophene rings is 1. The lowest BCUT2D eigenvalue weighted by molar-refractivity contribution is -0.150. The number of benzene rings is 1. The number of hydrogen-bond donors (Lipinski definition) is 0. The van der Waals surface area contributed by atoms with Crippen molar-refractivity contribution < 1.29 is 14.3 Å². The lowest BCUT2D eigenvalue weighted by atomic mass is 9.96. The summed E-state index contributed by atoms with van der Waals surface area (Å²) in [5.41, 5.74) is 1.48. The standard InChI is InChI=1S/C17H20O3S/c1-3-19-17(18)11(2)20-12-8-9-16-14(10-12)13-6-4-5-7-15(13)21-16/h8-11H,3-7H2,1-2H3. The van der Waals surface area contributed by atoms with Crippen molar-refractivity contribution in [2.75, 3.05) is 6.61 Å². The predicted molar refractivity (Wildman–Crippen MR) is 85.2 cm³/mol. The minimum atomic E-state index is -0.572. The van der Waals surface area contributed by atoms with Gasteiger partial charge < -0.3 is 9.47 Å². The van der Waals surface area contributed by atoms with Crippen molar-refractivity contribution in [1.29, 1.82) is 0 Å². The van der Waals surface area contributed by atoms with E-state index in [1.54, 1.807) is 13.8 Å². The molecule has 0 bridgehead atoms. The Balaban J connectivity index is 1.85. The molecule has 1 aromatic heterocycles. The van der Waals surface area contributed by atoms with Crippen molar-refractivity contribution in [2.45, 2.75) is 45.6 Å². The fraction of sp³-hybridized carbons (Fsp3) is 0.471. The molecule has 1 aliphatic rings. The average Bonchev–Trinajstić information content (AvgIpc) is 2.85. The predicted octanol–water partition coefficient (Wildman–Crippen LogP) is 4.11. The maximum absolute atomic E-state index is 11.6. The SMILES string of the molecule is CCOC(=O)C(C)Oc1ccc2sc3c(c2c1)CCCC3. The maximum Gasteiger partial charge on any atom is 0.347 e. The molecular formula is C17H20O3S. The second kappa shape index (κ2) is 6.06. The molecule has 1 unspecified atom stereocenters. The van der Waals surface area contributed by atoms with Crippen LogP contribution in [-0.4, -0.2) is 18.7 Å². The molecule has 3 nitrogen and oxygen atoms in total. The van der Waals surface area contributed by atoms with Crippen molar-refractivity contribution >= 4 is 27.4 Å². The van der Waals surface area contributed by atoms with E-state index < -0.39 is 6.10 Å². The zero-order valence-corrected chi connectivity index (χ0v) is 13.3. The first kappa shape index (κ1) is 14.4. The molecule has 0 amide bonds. The largest absolute Gasteiger partial charge is 0.479 e. The van der Waals surface area contributed by atoms with Gasteiger partial charge in [-0.3, -0.25) is 0 Å². The maximum atomic E-state index is 11.6. The molecule has 1 heterocycles. The normalized spacial score (nSPS) is 15.5. The average molecular weight is 304 g/mol. The number of rotatable bonds is 4. The molecule has 0 spiro atoms. The van der Waals surface area contributed by atoms with Crippen LogP contribution in [-0.2, 0) is 22.4 Å². The van der Waals surface area contributed by atoms with Gasteiger partial charge in [-0.1, -0.05) is 0 Å². The van der Waals surface area contributed by atoms with Gasteiger partial charge in [0.15, 0.2) is 6.10 Å². The highest BCUT2D eigenvalue weighted by atomic mass is 32.1. The van der Waals surface area contributed by atoms with Crippen molar-refractivity contribution in [3.8, 4) is 5.75 Å².